The number of alkyl halides is 3. The summed E-state index contributed by atoms with van der Waals surface area (Å²) in [7, 11) is 0. The molecule has 1 aliphatic rings. The third kappa shape index (κ3) is 1.34. The van der Waals surface area contributed by atoms with E-state index in [0.717, 1.165) is 0 Å². The molecule has 0 saturated heterocycles. The number of hydrogen-bond donors (Lipinski definition) is 0. The summed E-state index contributed by atoms with van der Waals surface area (Å²) < 4.78 is 37.2. The van der Waals surface area contributed by atoms with Gasteiger partial charge in [-0.05, 0) is 11.1 Å². The maximum absolute atomic E-state index is 12.4. The van der Waals surface area contributed by atoms with Crippen LogP contribution in [0.15, 0.2) is 30.3 Å². The molecular formula is C10H7F3. The first-order valence-corrected chi connectivity index (χ1v) is 3.93. The first-order valence-electron chi connectivity index (χ1n) is 3.93. The van der Waals surface area contributed by atoms with Crippen LogP contribution in [0.5, 0.6) is 0 Å². The molecule has 0 heterocycles. The minimum atomic E-state index is -4.16. The SMILES string of the molecule is FC(F)(F)[C@@H]1C=Cc2ccccc21. The highest BCUT2D eigenvalue weighted by Gasteiger charge is 2.41. The highest BCUT2D eigenvalue weighted by atomic mass is 19.4. The Labute approximate surface area is 73.7 Å². The van der Waals surface area contributed by atoms with E-state index in [-0.39, 0.29) is 0 Å². The molecule has 13 heavy (non-hydrogen) atoms. The molecule has 3 heteroatoms. The molecule has 0 spiro atoms. The van der Waals surface area contributed by atoms with Crippen molar-refractivity contribution in [3.05, 3.63) is 41.5 Å². The fraction of sp³-hybridized carbons (Fsp3) is 0.200. The van der Waals surface area contributed by atoms with Crippen LogP contribution in [0.1, 0.15) is 17.0 Å². The van der Waals surface area contributed by atoms with Gasteiger partial charge in [-0.25, -0.2) is 0 Å². The van der Waals surface area contributed by atoms with Crippen molar-refractivity contribution in [3.63, 3.8) is 0 Å². The summed E-state index contributed by atoms with van der Waals surface area (Å²) in [4.78, 5) is 0. The molecule has 0 N–H and O–H groups in total. The van der Waals surface area contributed by atoms with Crippen molar-refractivity contribution in [3.8, 4) is 0 Å². The smallest absolute Gasteiger partial charge is 0.170 e. The van der Waals surface area contributed by atoms with Gasteiger partial charge in [-0.2, -0.15) is 13.2 Å². The van der Waals surface area contributed by atoms with Crippen molar-refractivity contribution in [2.45, 2.75) is 12.1 Å². The third-order valence-corrected chi connectivity index (χ3v) is 2.15. The molecule has 0 fully saturated rings. The maximum atomic E-state index is 12.4. The number of halogens is 3. The lowest BCUT2D eigenvalue weighted by Gasteiger charge is -2.14. The van der Waals surface area contributed by atoms with E-state index in [2.05, 4.69) is 0 Å². The van der Waals surface area contributed by atoms with Gasteiger partial charge in [-0.15, -0.1) is 0 Å². The van der Waals surface area contributed by atoms with Gasteiger partial charge in [-0.3, -0.25) is 0 Å². The Bertz CT molecular complexity index is 349. The molecule has 0 saturated carbocycles. The van der Waals surface area contributed by atoms with Crippen LogP contribution in [0, 0.1) is 0 Å². The molecule has 0 radical (unpaired) electrons. The van der Waals surface area contributed by atoms with Crippen molar-refractivity contribution < 1.29 is 13.2 Å². The third-order valence-electron chi connectivity index (χ3n) is 2.15. The Morgan fingerprint density at radius 2 is 1.77 bits per heavy atom. The Kier molecular flexibility index (Phi) is 1.68. The van der Waals surface area contributed by atoms with E-state index in [1.54, 1.807) is 18.2 Å². The number of benzene rings is 1. The highest BCUT2D eigenvalue weighted by molar-refractivity contribution is 5.62. The van der Waals surface area contributed by atoms with Crippen LogP contribution in [0.3, 0.4) is 0 Å². The molecular weight excluding hydrogens is 177 g/mol. The molecule has 0 bridgehead atoms. The van der Waals surface area contributed by atoms with E-state index < -0.39 is 12.1 Å². The van der Waals surface area contributed by atoms with Gasteiger partial charge in [0.05, 0.1) is 5.92 Å². The second kappa shape index (κ2) is 2.62. The van der Waals surface area contributed by atoms with E-state index in [4.69, 9.17) is 0 Å². The lowest BCUT2D eigenvalue weighted by atomic mass is 10.0. The molecule has 2 rings (SSSR count). The van der Waals surface area contributed by atoms with Crippen LogP contribution in [-0.4, -0.2) is 6.18 Å². The van der Waals surface area contributed by atoms with Crippen LogP contribution in [0.25, 0.3) is 6.08 Å². The van der Waals surface area contributed by atoms with Crippen molar-refractivity contribution >= 4 is 6.08 Å². The van der Waals surface area contributed by atoms with Gasteiger partial charge in [-0.1, -0.05) is 36.4 Å². The second-order valence-electron chi connectivity index (χ2n) is 3.01. The zero-order valence-corrected chi connectivity index (χ0v) is 6.68. The standard InChI is InChI=1S/C10H7F3/c11-10(12,13)9-6-5-7-3-1-2-4-8(7)9/h1-6,9H/t9-/m1/s1. The summed E-state index contributed by atoms with van der Waals surface area (Å²) in [6, 6.07) is 6.58. The summed E-state index contributed by atoms with van der Waals surface area (Å²) >= 11 is 0. The van der Waals surface area contributed by atoms with Crippen LogP contribution in [0.2, 0.25) is 0 Å². The zero-order valence-electron chi connectivity index (χ0n) is 6.68. The molecule has 0 unspecified atom stereocenters. The summed E-state index contributed by atoms with van der Waals surface area (Å²) in [6.07, 6.45) is -1.44. The van der Waals surface area contributed by atoms with Gasteiger partial charge in [0, 0.05) is 0 Å². The van der Waals surface area contributed by atoms with Gasteiger partial charge < -0.3 is 0 Å². The van der Waals surface area contributed by atoms with Crippen LogP contribution >= 0.6 is 0 Å². The summed E-state index contributed by atoms with van der Waals surface area (Å²) in [5.41, 5.74) is 1.03. The summed E-state index contributed by atoms with van der Waals surface area (Å²) in [5.74, 6) is -1.41. The number of fused-ring (bicyclic) bond motifs is 1. The minimum absolute atomic E-state index is 0.356. The molecule has 1 atom stereocenters. The number of rotatable bonds is 0. The predicted octanol–water partition coefficient (Wildman–Crippen LogP) is 3.36. The Balaban J connectivity index is 2.45. The molecule has 0 aromatic heterocycles. The van der Waals surface area contributed by atoms with Crippen molar-refractivity contribution in [1.82, 2.24) is 0 Å². The van der Waals surface area contributed by atoms with E-state index in [1.807, 2.05) is 0 Å². The van der Waals surface area contributed by atoms with Gasteiger partial charge in [0.25, 0.3) is 0 Å². The fourth-order valence-corrected chi connectivity index (χ4v) is 1.53. The Morgan fingerprint density at radius 1 is 1.08 bits per heavy atom. The van der Waals surface area contributed by atoms with Crippen LogP contribution < -0.4 is 0 Å². The lowest BCUT2D eigenvalue weighted by molar-refractivity contribution is -0.138. The predicted molar refractivity (Wildman–Crippen MR) is 44.3 cm³/mol. The first kappa shape index (κ1) is 8.35. The van der Waals surface area contributed by atoms with Gasteiger partial charge in [0.2, 0.25) is 0 Å². The monoisotopic (exact) mass is 184 g/mol. The van der Waals surface area contributed by atoms with E-state index in [1.165, 1.54) is 18.2 Å². The van der Waals surface area contributed by atoms with Crippen LogP contribution in [-0.2, 0) is 0 Å². The van der Waals surface area contributed by atoms with Gasteiger partial charge >= 0.3 is 6.18 Å². The van der Waals surface area contributed by atoms with Crippen molar-refractivity contribution in [1.29, 1.82) is 0 Å². The Morgan fingerprint density at radius 3 is 2.46 bits per heavy atom. The molecule has 1 aromatic rings. The summed E-state index contributed by atoms with van der Waals surface area (Å²) in [5, 5.41) is 0. The average molecular weight is 184 g/mol. The summed E-state index contributed by atoms with van der Waals surface area (Å²) in [6.45, 7) is 0. The fourth-order valence-electron chi connectivity index (χ4n) is 1.53. The molecule has 0 amide bonds. The van der Waals surface area contributed by atoms with E-state index in [0.29, 0.717) is 11.1 Å². The molecule has 0 nitrogen and oxygen atoms in total. The highest BCUT2D eigenvalue weighted by Crippen LogP contribution is 2.41. The Hall–Kier alpha value is -1.25. The average Bonchev–Trinajstić information content (AvgIpc) is 2.45. The second-order valence-corrected chi connectivity index (χ2v) is 3.01. The van der Waals surface area contributed by atoms with Crippen molar-refractivity contribution in [2.24, 2.45) is 0 Å². The van der Waals surface area contributed by atoms with Crippen molar-refractivity contribution in [2.75, 3.05) is 0 Å². The lowest BCUT2D eigenvalue weighted by Crippen LogP contribution is -2.17. The first-order chi connectivity index (χ1) is 6.09. The largest absolute Gasteiger partial charge is 0.399 e. The van der Waals surface area contributed by atoms with E-state index in [9.17, 15) is 13.2 Å². The minimum Gasteiger partial charge on any atom is -0.170 e. The van der Waals surface area contributed by atoms with Gasteiger partial charge in [0.15, 0.2) is 0 Å². The zero-order chi connectivity index (χ0) is 9.47. The topological polar surface area (TPSA) is 0 Å². The van der Waals surface area contributed by atoms with Gasteiger partial charge in [0.1, 0.15) is 0 Å². The quantitative estimate of drug-likeness (QED) is 0.580. The molecule has 0 aliphatic heterocycles. The van der Waals surface area contributed by atoms with Crippen LogP contribution in [0.4, 0.5) is 13.2 Å². The maximum Gasteiger partial charge on any atom is 0.399 e. The molecule has 68 valence electrons. The molecule has 1 aliphatic carbocycles. The number of hydrogen-bond acceptors (Lipinski definition) is 0. The normalized spacial score (nSPS) is 20.4. The number of allylic oxidation sites excluding steroid dienone is 1. The molecule has 1 aromatic carbocycles. The van der Waals surface area contributed by atoms with E-state index >= 15 is 0 Å².